The first-order valence-corrected chi connectivity index (χ1v) is 11.2. The quantitative estimate of drug-likeness (QED) is 0.539. The molecular weight excluding hydrogens is 437 g/mol. The summed E-state index contributed by atoms with van der Waals surface area (Å²) in [6.45, 7) is 4.85. The van der Waals surface area contributed by atoms with E-state index < -0.39 is 0 Å². The molecule has 0 unspecified atom stereocenters. The Hall–Kier alpha value is -3.33. The van der Waals surface area contributed by atoms with Crippen LogP contribution in [0.15, 0.2) is 66.7 Å². The Morgan fingerprint density at radius 3 is 2.48 bits per heavy atom. The van der Waals surface area contributed by atoms with Crippen molar-refractivity contribution in [3.63, 3.8) is 0 Å². The lowest BCUT2D eigenvalue weighted by Crippen LogP contribution is -2.50. The van der Waals surface area contributed by atoms with E-state index in [-0.39, 0.29) is 11.7 Å². The summed E-state index contributed by atoms with van der Waals surface area (Å²) in [7, 11) is 2.12. The van der Waals surface area contributed by atoms with Gasteiger partial charge in [0.05, 0.1) is 11.4 Å². The van der Waals surface area contributed by atoms with Crippen LogP contribution in [0, 0.1) is 17.7 Å². The van der Waals surface area contributed by atoms with Crippen molar-refractivity contribution in [1.29, 1.82) is 0 Å². The van der Waals surface area contributed by atoms with Gasteiger partial charge in [-0.2, -0.15) is 0 Å². The van der Waals surface area contributed by atoms with Gasteiger partial charge in [-0.25, -0.2) is 4.39 Å². The van der Waals surface area contributed by atoms with Crippen LogP contribution in [0.1, 0.15) is 28.4 Å². The zero-order chi connectivity index (χ0) is 23.4. The number of likely N-dealkylation sites (N-methyl/N-ethyl adjacent to an activating group) is 1. The molecule has 4 nitrogen and oxygen atoms in total. The number of rotatable bonds is 3. The van der Waals surface area contributed by atoms with E-state index >= 15 is 0 Å². The number of hydrogen-bond donors (Lipinski definition) is 1. The number of halogens is 2. The molecule has 6 heteroatoms. The number of amides is 1. The zero-order valence-electron chi connectivity index (χ0n) is 18.6. The first kappa shape index (κ1) is 22.8. The van der Waals surface area contributed by atoms with Crippen molar-refractivity contribution in [2.24, 2.45) is 0 Å². The first-order chi connectivity index (χ1) is 15.9. The number of hydrogen-bond acceptors (Lipinski definition) is 3. The topological polar surface area (TPSA) is 35.6 Å². The van der Waals surface area contributed by atoms with Crippen molar-refractivity contribution in [1.82, 2.24) is 4.90 Å². The van der Waals surface area contributed by atoms with Crippen LogP contribution in [0.4, 0.5) is 15.8 Å². The fraction of sp³-hybridized carbons (Fsp3) is 0.222. The lowest BCUT2D eigenvalue weighted by Gasteiger charge is -2.39. The van der Waals surface area contributed by atoms with Gasteiger partial charge in [-0.1, -0.05) is 29.5 Å². The summed E-state index contributed by atoms with van der Waals surface area (Å²) in [5.74, 6) is 5.64. The number of anilines is 2. The Kier molecular flexibility index (Phi) is 6.98. The van der Waals surface area contributed by atoms with Gasteiger partial charge in [-0.15, -0.1) is 0 Å². The third-order valence-corrected chi connectivity index (χ3v) is 6.06. The van der Waals surface area contributed by atoms with Crippen LogP contribution < -0.4 is 10.2 Å². The fourth-order valence-corrected chi connectivity index (χ4v) is 3.95. The van der Waals surface area contributed by atoms with Crippen LogP contribution >= 0.6 is 11.6 Å². The van der Waals surface area contributed by atoms with Crippen LogP contribution in [0.2, 0.25) is 5.02 Å². The maximum atomic E-state index is 13.2. The molecule has 33 heavy (non-hydrogen) atoms. The molecule has 1 aliphatic rings. The molecule has 1 amide bonds. The van der Waals surface area contributed by atoms with Gasteiger partial charge in [0.15, 0.2) is 0 Å². The first-order valence-electron chi connectivity index (χ1n) is 10.8. The normalized spacial score (nSPS) is 16.1. The highest BCUT2D eigenvalue weighted by Crippen LogP contribution is 2.30. The van der Waals surface area contributed by atoms with Gasteiger partial charge in [-0.3, -0.25) is 4.79 Å². The standard InChI is InChI=1S/C27H25ClFN3O/c1-19-18-32(15-14-31(19)2)26-13-10-21(7-6-20-8-11-24(29)12-9-20)16-25(26)30-27(33)22-4-3-5-23(28)17-22/h3-5,8-13,16-17,19H,14-15,18H2,1-2H3,(H,30,33)/t19-/m0/s1. The lowest BCUT2D eigenvalue weighted by molar-refractivity contribution is 0.102. The van der Waals surface area contributed by atoms with Gasteiger partial charge in [0.2, 0.25) is 0 Å². The van der Waals surface area contributed by atoms with E-state index in [9.17, 15) is 9.18 Å². The zero-order valence-corrected chi connectivity index (χ0v) is 19.4. The van der Waals surface area contributed by atoms with Crippen LogP contribution in [0.5, 0.6) is 0 Å². The highest BCUT2D eigenvalue weighted by Gasteiger charge is 2.23. The monoisotopic (exact) mass is 461 g/mol. The number of piperazine rings is 1. The molecule has 1 saturated heterocycles. The third kappa shape index (κ3) is 5.73. The second kappa shape index (κ2) is 10.1. The molecule has 0 bridgehead atoms. The van der Waals surface area contributed by atoms with Gasteiger partial charge in [-0.05, 0) is 74.6 Å². The minimum Gasteiger partial charge on any atom is -0.367 e. The number of nitrogens with one attached hydrogen (secondary N) is 1. The van der Waals surface area contributed by atoms with Gasteiger partial charge in [0, 0.05) is 47.4 Å². The second-order valence-corrected chi connectivity index (χ2v) is 8.67. The van der Waals surface area contributed by atoms with Crippen molar-refractivity contribution < 1.29 is 9.18 Å². The third-order valence-electron chi connectivity index (χ3n) is 5.83. The predicted octanol–water partition coefficient (Wildman–Crippen LogP) is 5.27. The highest BCUT2D eigenvalue weighted by molar-refractivity contribution is 6.31. The molecule has 0 saturated carbocycles. The smallest absolute Gasteiger partial charge is 0.255 e. The average molecular weight is 462 g/mol. The van der Waals surface area contributed by atoms with Gasteiger partial charge in [0.1, 0.15) is 5.82 Å². The Morgan fingerprint density at radius 1 is 1.03 bits per heavy atom. The second-order valence-electron chi connectivity index (χ2n) is 8.23. The molecule has 1 atom stereocenters. The van der Waals surface area contributed by atoms with Gasteiger partial charge >= 0.3 is 0 Å². The van der Waals surface area contributed by atoms with E-state index in [4.69, 9.17) is 11.6 Å². The number of carbonyl (C=O) groups excluding carboxylic acids is 1. The van der Waals surface area contributed by atoms with E-state index in [0.717, 1.165) is 36.4 Å². The Morgan fingerprint density at radius 2 is 1.76 bits per heavy atom. The lowest BCUT2D eigenvalue weighted by atomic mass is 10.1. The summed E-state index contributed by atoms with van der Waals surface area (Å²) in [4.78, 5) is 17.6. The maximum absolute atomic E-state index is 13.2. The van der Waals surface area contributed by atoms with Crippen LogP contribution in [-0.2, 0) is 0 Å². The minimum atomic E-state index is -0.294. The van der Waals surface area contributed by atoms with Crippen molar-refractivity contribution in [2.45, 2.75) is 13.0 Å². The molecule has 168 valence electrons. The summed E-state index contributed by atoms with van der Waals surface area (Å²) in [6, 6.07) is 19.2. The van der Waals surface area contributed by atoms with E-state index in [0.29, 0.717) is 22.3 Å². The van der Waals surface area contributed by atoms with Crippen LogP contribution in [-0.4, -0.2) is 43.5 Å². The fourth-order valence-electron chi connectivity index (χ4n) is 3.76. The van der Waals surface area contributed by atoms with E-state index in [1.165, 1.54) is 12.1 Å². The molecule has 1 fully saturated rings. The van der Waals surface area contributed by atoms with Crippen molar-refractivity contribution in [3.8, 4) is 11.8 Å². The largest absolute Gasteiger partial charge is 0.367 e. The van der Waals surface area contributed by atoms with Gasteiger partial charge < -0.3 is 15.1 Å². The minimum absolute atomic E-state index is 0.232. The molecule has 0 radical (unpaired) electrons. The number of carbonyl (C=O) groups is 1. The molecule has 1 aliphatic heterocycles. The summed E-state index contributed by atoms with van der Waals surface area (Å²) in [6.07, 6.45) is 0. The Labute approximate surface area is 199 Å². The van der Waals surface area contributed by atoms with Crippen molar-refractivity contribution in [3.05, 3.63) is 94.3 Å². The molecular formula is C27H25ClFN3O. The molecule has 1 heterocycles. The van der Waals surface area contributed by atoms with Crippen LogP contribution in [0.3, 0.4) is 0 Å². The van der Waals surface area contributed by atoms with E-state index in [2.05, 4.69) is 40.9 Å². The molecule has 0 spiro atoms. The predicted molar refractivity (Wildman–Crippen MR) is 133 cm³/mol. The molecule has 4 rings (SSSR count). The SMILES string of the molecule is C[C@H]1CN(c2ccc(C#Cc3ccc(F)cc3)cc2NC(=O)c2cccc(Cl)c2)CCN1C. The summed E-state index contributed by atoms with van der Waals surface area (Å²) in [5, 5.41) is 3.56. The van der Waals surface area contributed by atoms with Crippen molar-refractivity contribution in [2.75, 3.05) is 36.9 Å². The Balaban J connectivity index is 1.66. The average Bonchev–Trinajstić information content (AvgIpc) is 2.81. The van der Waals surface area contributed by atoms with Crippen molar-refractivity contribution >= 4 is 28.9 Å². The van der Waals surface area contributed by atoms with Gasteiger partial charge in [0.25, 0.3) is 5.91 Å². The summed E-state index contributed by atoms with van der Waals surface area (Å²) >= 11 is 6.07. The number of nitrogens with zero attached hydrogens (tertiary/aromatic N) is 2. The summed E-state index contributed by atoms with van der Waals surface area (Å²) < 4.78 is 13.2. The molecule has 1 N–H and O–H groups in total. The van der Waals surface area contributed by atoms with Crippen LogP contribution in [0.25, 0.3) is 0 Å². The highest BCUT2D eigenvalue weighted by atomic mass is 35.5. The number of benzene rings is 3. The summed E-state index contributed by atoms with van der Waals surface area (Å²) in [5.41, 5.74) is 3.62. The molecule has 0 aromatic heterocycles. The van der Waals surface area contributed by atoms with E-state index in [1.54, 1.807) is 36.4 Å². The molecule has 3 aromatic rings. The molecule has 0 aliphatic carbocycles. The van der Waals surface area contributed by atoms with E-state index in [1.807, 2.05) is 18.2 Å². The molecule has 3 aromatic carbocycles. The Bertz CT molecular complexity index is 1220. The maximum Gasteiger partial charge on any atom is 0.255 e.